The van der Waals surface area contributed by atoms with E-state index >= 15 is 0 Å². The van der Waals surface area contributed by atoms with Crippen LogP contribution in [0.4, 0.5) is 0 Å². The van der Waals surface area contributed by atoms with Crippen LogP contribution in [0, 0.1) is 5.92 Å². The van der Waals surface area contributed by atoms with Gasteiger partial charge in [-0.25, -0.2) is 0 Å². The van der Waals surface area contributed by atoms with Crippen molar-refractivity contribution in [2.24, 2.45) is 5.92 Å². The molecule has 0 amide bonds. The lowest BCUT2D eigenvalue weighted by Crippen LogP contribution is -2.28. The Bertz CT molecular complexity index is 752. The molecule has 0 aromatic carbocycles. The third-order valence-electron chi connectivity index (χ3n) is 4.42. The Balaban J connectivity index is 3.04. The first-order valence-electron chi connectivity index (χ1n) is 9.33. The number of hydrogen-bond donors (Lipinski definition) is 0. The minimum Gasteiger partial charge on any atom is -0.489 e. The molecule has 0 saturated carbocycles. The van der Waals surface area contributed by atoms with Gasteiger partial charge in [0.15, 0.2) is 5.92 Å². The van der Waals surface area contributed by atoms with Crippen LogP contribution in [0.1, 0.15) is 40.5 Å². The molecule has 0 saturated heterocycles. The van der Waals surface area contributed by atoms with Crippen molar-refractivity contribution in [3.63, 3.8) is 0 Å². The van der Waals surface area contributed by atoms with Crippen LogP contribution in [0.3, 0.4) is 0 Å². The van der Waals surface area contributed by atoms with Crippen molar-refractivity contribution in [2.45, 2.75) is 40.5 Å². The number of hydrogen-bond acceptors (Lipinski definition) is 8. The van der Waals surface area contributed by atoms with Gasteiger partial charge in [-0.05, 0) is 40.5 Å². The molecule has 0 aromatic rings. The summed E-state index contributed by atoms with van der Waals surface area (Å²) in [7, 11) is 2.59. The number of esters is 2. The van der Waals surface area contributed by atoms with Gasteiger partial charge < -0.3 is 18.9 Å². The Hall–Kier alpha value is -2.90. The van der Waals surface area contributed by atoms with Crippen LogP contribution in [0.15, 0.2) is 34.3 Å². The summed E-state index contributed by atoms with van der Waals surface area (Å²) in [6, 6.07) is 0. The van der Waals surface area contributed by atoms with Crippen molar-refractivity contribution in [3.05, 3.63) is 34.3 Å². The van der Waals surface area contributed by atoms with Gasteiger partial charge >= 0.3 is 11.9 Å². The van der Waals surface area contributed by atoms with E-state index < -0.39 is 29.4 Å². The SMILES string of the molecule is CCOC(=O)C(CC(C)=CCC1=C(C)C(=O)C(OC)=C(OC)C1=O)C(=O)OCC. The number of Topliss-reactive ketones (excluding diaryl/α,β-unsaturated/α-hetero) is 2. The fourth-order valence-electron chi connectivity index (χ4n) is 2.87. The van der Waals surface area contributed by atoms with Crippen molar-refractivity contribution in [2.75, 3.05) is 27.4 Å². The highest BCUT2D eigenvalue weighted by molar-refractivity contribution is 6.23. The van der Waals surface area contributed by atoms with Crippen LogP contribution in [-0.4, -0.2) is 50.9 Å². The summed E-state index contributed by atoms with van der Waals surface area (Å²) >= 11 is 0. The highest BCUT2D eigenvalue weighted by atomic mass is 16.6. The molecule has 0 aromatic heterocycles. The molecule has 0 bridgehead atoms. The predicted octanol–water partition coefficient (Wildman–Crippen LogP) is 2.43. The minimum absolute atomic E-state index is 0.0857. The van der Waals surface area contributed by atoms with Crippen molar-refractivity contribution >= 4 is 23.5 Å². The molecular weight excluding hydrogens is 380 g/mol. The zero-order chi connectivity index (χ0) is 22.1. The second-order valence-electron chi connectivity index (χ2n) is 6.34. The lowest BCUT2D eigenvalue weighted by atomic mass is 9.90. The number of methoxy groups -OCH3 is 2. The van der Waals surface area contributed by atoms with E-state index in [0.29, 0.717) is 5.57 Å². The zero-order valence-corrected chi connectivity index (χ0v) is 17.7. The zero-order valence-electron chi connectivity index (χ0n) is 17.7. The second kappa shape index (κ2) is 11.2. The highest BCUT2D eigenvalue weighted by Crippen LogP contribution is 2.28. The van der Waals surface area contributed by atoms with E-state index in [9.17, 15) is 19.2 Å². The monoisotopic (exact) mass is 408 g/mol. The van der Waals surface area contributed by atoms with E-state index in [1.165, 1.54) is 14.2 Å². The number of rotatable bonds is 10. The van der Waals surface area contributed by atoms with Crippen LogP contribution in [0.25, 0.3) is 0 Å². The average molecular weight is 408 g/mol. The maximum Gasteiger partial charge on any atom is 0.320 e. The third kappa shape index (κ3) is 5.79. The summed E-state index contributed by atoms with van der Waals surface area (Å²) in [4.78, 5) is 49.3. The third-order valence-corrected chi connectivity index (χ3v) is 4.42. The molecule has 29 heavy (non-hydrogen) atoms. The number of carbonyl (C=O) groups excluding carboxylic acids is 4. The van der Waals surface area contributed by atoms with Gasteiger partial charge in [0.25, 0.3) is 0 Å². The molecule has 1 rings (SSSR count). The van der Waals surface area contributed by atoms with Gasteiger partial charge in [-0.15, -0.1) is 0 Å². The Labute approximate surface area is 170 Å². The van der Waals surface area contributed by atoms with Gasteiger partial charge in [0.05, 0.1) is 27.4 Å². The van der Waals surface area contributed by atoms with Crippen LogP contribution in [0.5, 0.6) is 0 Å². The van der Waals surface area contributed by atoms with Crippen LogP contribution >= 0.6 is 0 Å². The maximum atomic E-state index is 12.7. The molecule has 1 aliphatic rings. The van der Waals surface area contributed by atoms with Gasteiger partial charge in [0.1, 0.15) is 0 Å². The summed E-state index contributed by atoms with van der Waals surface area (Å²) in [6.07, 6.45) is 1.92. The summed E-state index contributed by atoms with van der Waals surface area (Å²) in [6.45, 7) is 6.87. The lowest BCUT2D eigenvalue weighted by Gasteiger charge is -2.20. The molecule has 8 nitrogen and oxygen atoms in total. The summed E-state index contributed by atoms with van der Waals surface area (Å²) < 4.78 is 20.0. The molecule has 0 atom stereocenters. The van der Waals surface area contributed by atoms with Crippen molar-refractivity contribution in [1.29, 1.82) is 0 Å². The van der Waals surface area contributed by atoms with Gasteiger partial charge in [0, 0.05) is 11.1 Å². The fraction of sp³-hybridized carbons (Fsp3) is 0.524. The Kier molecular flexibility index (Phi) is 9.31. The average Bonchev–Trinajstić information content (AvgIpc) is 2.68. The lowest BCUT2D eigenvalue weighted by molar-refractivity contribution is -0.161. The van der Waals surface area contributed by atoms with E-state index in [0.717, 1.165) is 0 Å². The molecule has 1 aliphatic carbocycles. The quantitative estimate of drug-likeness (QED) is 0.235. The number of allylic oxidation sites excluding steroid dienone is 4. The van der Waals surface area contributed by atoms with Crippen LogP contribution < -0.4 is 0 Å². The summed E-state index contributed by atoms with van der Waals surface area (Å²) in [5, 5.41) is 0. The Morgan fingerprint density at radius 3 is 1.86 bits per heavy atom. The number of ketones is 2. The normalized spacial score (nSPS) is 15.1. The molecule has 8 heteroatoms. The Morgan fingerprint density at radius 1 is 0.931 bits per heavy atom. The molecule has 0 heterocycles. The molecule has 160 valence electrons. The fourth-order valence-corrected chi connectivity index (χ4v) is 2.87. The Morgan fingerprint density at radius 2 is 1.41 bits per heavy atom. The van der Waals surface area contributed by atoms with Gasteiger partial charge in [-0.2, -0.15) is 0 Å². The number of carbonyl (C=O) groups is 4. The van der Waals surface area contributed by atoms with E-state index in [1.54, 1.807) is 33.8 Å². The van der Waals surface area contributed by atoms with Gasteiger partial charge in [-0.3, -0.25) is 19.2 Å². The maximum absolute atomic E-state index is 12.7. The highest BCUT2D eigenvalue weighted by Gasteiger charge is 2.34. The first-order valence-corrected chi connectivity index (χ1v) is 9.33. The largest absolute Gasteiger partial charge is 0.489 e. The first-order chi connectivity index (χ1) is 13.7. The van der Waals surface area contributed by atoms with Gasteiger partial charge in [-0.1, -0.05) is 11.6 Å². The molecule has 0 radical (unpaired) electrons. The van der Waals surface area contributed by atoms with E-state index in [2.05, 4.69) is 0 Å². The predicted molar refractivity (Wildman–Crippen MR) is 104 cm³/mol. The van der Waals surface area contributed by atoms with Crippen molar-refractivity contribution in [1.82, 2.24) is 0 Å². The molecule has 0 spiro atoms. The second-order valence-corrected chi connectivity index (χ2v) is 6.34. The van der Waals surface area contributed by atoms with Crippen LogP contribution in [0.2, 0.25) is 0 Å². The first kappa shape index (κ1) is 24.1. The van der Waals surface area contributed by atoms with E-state index in [-0.39, 0.29) is 48.7 Å². The smallest absolute Gasteiger partial charge is 0.320 e. The minimum atomic E-state index is -1.08. The molecule has 0 N–H and O–H groups in total. The van der Waals surface area contributed by atoms with E-state index in [4.69, 9.17) is 18.9 Å². The molecular formula is C21H28O8. The van der Waals surface area contributed by atoms with Crippen molar-refractivity contribution in [3.8, 4) is 0 Å². The molecule has 0 aliphatic heterocycles. The molecule has 0 unspecified atom stereocenters. The topological polar surface area (TPSA) is 105 Å². The summed E-state index contributed by atoms with van der Waals surface area (Å²) in [5.74, 6) is -3.51. The summed E-state index contributed by atoms with van der Waals surface area (Å²) in [5.41, 5.74) is 1.22. The van der Waals surface area contributed by atoms with Gasteiger partial charge in [0.2, 0.25) is 23.1 Å². The van der Waals surface area contributed by atoms with Crippen molar-refractivity contribution < 1.29 is 38.1 Å². The number of ether oxygens (including phenoxy) is 4. The van der Waals surface area contributed by atoms with E-state index in [1.807, 2.05) is 0 Å². The van der Waals surface area contributed by atoms with Crippen LogP contribution in [-0.2, 0) is 38.1 Å². The standard InChI is InChI=1S/C21H28O8/c1-7-28-20(24)15(21(25)29-8-2)11-12(3)9-10-14-13(4)16(22)18(26-5)19(27-6)17(14)23/h9,15H,7-8,10-11H2,1-6H3. The molecule has 0 fully saturated rings.